The Bertz CT molecular complexity index is 1540. The highest BCUT2D eigenvalue weighted by molar-refractivity contribution is 7.98. The van der Waals surface area contributed by atoms with Gasteiger partial charge in [0.1, 0.15) is 5.82 Å². The van der Waals surface area contributed by atoms with E-state index in [0.29, 0.717) is 56.3 Å². The molecule has 12 heteroatoms. The number of anilines is 4. The number of carbonyl (C=O) groups excluding carboxylic acids is 1. The van der Waals surface area contributed by atoms with Crippen molar-refractivity contribution in [3.8, 4) is 0 Å². The van der Waals surface area contributed by atoms with E-state index >= 15 is 0 Å². The predicted octanol–water partition coefficient (Wildman–Crippen LogP) is 6.75. The van der Waals surface area contributed by atoms with Crippen molar-refractivity contribution in [2.45, 2.75) is 46.6 Å². The van der Waals surface area contributed by atoms with Gasteiger partial charge in [0.15, 0.2) is 5.82 Å². The van der Waals surface area contributed by atoms with E-state index in [0.717, 1.165) is 11.2 Å². The second-order valence-electron chi connectivity index (χ2n) is 10.7. The lowest BCUT2D eigenvalue weighted by molar-refractivity contribution is -0.130. The Morgan fingerprint density at radius 1 is 1.11 bits per heavy atom. The van der Waals surface area contributed by atoms with Crippen LogP contribution in [0.3, 0.4) is 0 Å². The first-order chi connectivity index (χ1) is 22.9. The van der Waals surface area contributed by atoms with E-state index < -0.39 is 5.82 Å². The van der Waals surface area contributed by atoms with E-state index in [9.17, 15) is 9.18 Å². The fourth-order valence-corrected chi connectivity index (χ4v) is 5.71. The number of fused-ring (bicyclic) bond motifs is 1. The van der Waals surface area contributed by atoms with E-state index in [2.05, 4.69) is 68.2 Å². The Morgan fingerprint density at radius 2 is 1.85 bits per heavy atom. The summed E-state index contributed by atoms with van der Waals surface area (Å²) < 4.78 is 16.5. The number of amides is 1. The van der Waals surface area contributed by atoms with E-state index in [1.54, 1.807) is 48.0 Å². The molecule has 1 aliphatic carbocycles. The molecule has 1 saturated carbocycles. The molecule has 0 atom stereocenters. The maximum Gasteiger partial charge on any atom is 0.236 e. The number of allylic oxidation sites excluding steroid dienone is 6. The molecule has 0 radical (unpaired) electrons. The second kappa shape index (κ2) is 19.5. The molecule has 3 aromatic rings. The molecular formula is C35H50FN9OS. The van der Waals surface area contributed by atoms with Gasteiger partial charge in [0.05, 0.1) is 48.3 Å². The Kier molecular flexibility index (Phi) is 15.5. The summed E-state index contributed by atoms with van der Waals surface area (Å²) in [5, 5.41) is 14.2. The van der Waals surface area contributed by atoms with Crippen molar-refractivity contribution in [1.82, 2.24) is 30.0 Å². The molecule has 1 amide bonds. The molecule has 2 aliphatic rings. The molecule has 2 aromatic heterocycles. The number of rotatable bonds is 11. The van der Waals surface area contributed by atoms with E-state index in [1.165, 1.54) is 36.5 Å². The van der Waals surface area contributed by atoms with Crippen LogP contribution in [0.1, 0.15) is 40.0 Å². The Morgan fingerprint density at radius 3 is 2.51 bits per heavy atom. The van der Waals surface area contributed by atoms with Crippen LogP contribution in [-0.2, 0) is 11.3 Å². The standard InChI is InChI=1S/C23H30FN9OS.C10H14.C2H6/c1-4-5-33-19-11-18(17(24)10-16(19)12-28-33)29-23-26-13-20(22(30-23)27-15-35-3)31-6-8-32(9-7-31)21(34)14-25-2;1-3-6-10-8-5-7-9(10)4-2;1-2/h4,10-13,25H,1,5-9,14-15H2,2-3H3,(H2,26,27,29,30);3-4,6H,1,5,7-8H2,2H3;1-2H3/b;9-4-,10-6-;. The lowest BCUT2D eigenvalue weighted by atomic mass is 10.1. The molecule has 0 unspecified atom stereocenters. The molecule has 254 valence electrons. The number of hydrogen-bond donors (Lipinski definition) is 3. The first kappa shape index (κ1) is 37.3. The Balaban J connectivity index is 0.000000424. The normalized spacial score (nSPS) is 16.0. The van der Waals surface area contributed by atoms with E-state index in [1.807, 2.05) is 31.1 Å². The largest absolute Gasteiger partial charge is 0.364 e. The van der Waals surface area contributed by atoms with Gasteiger partial charge in [-0.3, -0.25) is 9.48 Å². The van der Waals surface area contributed by atoms with Crippen molar-refractivity contribution in [1.29, 1.82) is 0 Å². The van der Waals surface area contributed by atoms with Crippen molar-refractivity contribution < 1.29 is 9.18 Å². The highest BCUT2D eigenvalue weighted by atomic mass is 32.2. The zero-order valence-corrected chi connectivity index (χ0v) is 29.3. The third-order valence-electron chi connectivity index (χ3n) is 7.71. The van der Waals surface area contributed by atoms with Gasteiger partial charge >= 0.3 is 0 Å². The number of benzene rings is 1. The average molecular weight is 664 g/mol. The van der Waals surface area contributed by atoms with Crippen LogP contribution in [0.2, 0.25) is 0 Å². The lowest BCUT2D eigenvalue weighted by Gasteiger charge is -2.36. The van der Waals surface area contributed by atoms with E-state index in [4.69, 9.17) is 0 Å². The van der Waals surface area contributed by atoms with Crippen LogP contribution < -0.4 is 20.9 Å². The number of nitrogens with one attached hydrogen (secondary N) is 3. The molecule has 10 nitrogen and oxygen atoms in total. The van der Waals surface area contributed by atoms with Gasteiger partial charge in [-0.1, -0.05) is 44.7 Å². The summed E-state index contributed by atoms with van der Waals surface area (Å²) in [6.45, 7) is 17.0. The first-order valence-electron chi connectivity index (χ1n) is 16.2. The smallest absolute Gasteiger partial charge is 0.236 e. The lowest BCUT2D eigenvalue weighted by Crippen LogP contribution is -2.50. The molecule has 2 fully saturated rings. The number of piperazine rings is 1. The highest BCUT2D eigenvalue weighted by Gasteiger charge is 2.23. The minimum atomic E-state index is -0.413. The monoisotopic (exact) mass is 663 g/mol. The number of likely N-dealkylation sites (N-methyl/N-ethyl adjacent to an activating group) is 1. The van der Waals surface area contributed by atoms with Crippen LogP contribution in [-0.4, -0.2) is 82.5 Å². The number of carbonyl (C=O) groups is 1. The summed E-state index contributed by atoms with van der Waals surface area (Å²) in [4.78, 5) is 25.3. The molecule has 3 heterocycles. The zero-order chi connectivity index (χ0) is 34.2. The molecule has 3 N–H and O–H groups in total. The SMILES string of the molecule is C=C/C=C1/CCC/C1=C/C.C=CCn1ncc2cc(F)c(Nc3ncc(N4CCN(C(=O)CNC)CC4)c(NCSC)n3)cc21.CC. The third-order valence-corrected chi connectivity index (χ3v) is 8.14. The van der Waals surface area contributed by atoms with E-state index in [-0.39, 0.29) is 17.5 Å². The van der Waals surface area contributed by atoms with Crippen LogP contribution in [0, 0.1) is 5.82 Å². The minimum Gasteiger partial charge on any atom is -0.364 e. The molecule has 0 spiro atoms. The summed E-state index contributed by atoms with van der Waals surface area (Å²) in [5.41, 5.74) is 4.91. The third kappa shape index (κ3) is 10.2. The van der Waals surface area contributed by atoms with Crippen molar-refractivity contribution in [3.63, 3.8) is 0 Å². The van der Waals surface area contributed by atoms with Gasteiger partial charge in [-0.05, 0) is 62.8 Å². The van der Waals surface area contributed by atoms with Gasteiger partial charge in [0, 0.05) is 31.6 Å². The average Bonchev–Trinajstić information content (AvgIpc) is 3.72. The van der Waals surface area contributed by atoms with Gasteiger partial charge in [-0.2, -0.15) is 10.1 Å². The number of aromatic nitrogens is 4. The van der Waals surface area contributed by atoms with Crippen LogP contribution >= 0.6 is 11.8 Å². The quantitative estimate of drug-likeness (QED) is 0.152. The maximum absolute atomic E-state index is 14.8. The van der Waals surface area contributed by atoms with Crippen LogP contribution in [0.5, 0.6) is 0 Å². The van der Waals surface area contributed by atoms with Crippen molar-refractivity contribution in [3.05, 3.63) is 79.0 Å². The topological polar surface area (TPSA) is 103 Å². The number of halogens is 1. The second-order valence-corrected chi connectivity index (χ2v) is 11.5. The highest BCUT2D eigenvalue weighted by Crippen LogP contribution is 2.30. The summed E-state index contributed by atoms with van der Waals surface area (Å²) >= 11 is 1.63. The number of thioether (sulfide) groups is 1. The number of hydrogen-bond acceptors (Lipinski definition) is 9. The van der Waals surface area contributed by atoms with Gasteiger partial charge in [-0.15, -0.1) is 18.3 Å². The van der Waals surface area contributed by atoms with Gasteiger partial charge in [-0.25, -0.2) is 9.37 Å². The molecule has 47 heavy (non-hydrogen) atoms. The summed E-state index contributed by atoms with van der Waals surface area (Å²) in [5.74, 6) is 1.28. The predicted molar refractivity (Wildman–Crippen MR) is 197 cm³/mol. The van der Waals surface area contributed by atoms with Crippen molar-refractivity contribution in [2.24, 2.45) is 0 Å². The minimum absolute atomic E-state index is 0.0945. The van der Waals surface area contributed by atoms with Gasteiger partial charge in [0.2, 0.25) is 11.9 Å². The zero-order valence-electron chi connectivity index (χ0n) is 28.5. The summed E-state index contributed by atoms with van der Waals surface area (Å²) in [7, 11) is 1.77. The summed E-state index contributed by atoms with van der Waals surface area (Å²) in [6, 6.07) is 3.15. The first-order valence-corrected chi connectivity index (χ1v) is 17.6. The molecule has 1 saturated heterocycles. The van der Waals surface area contributed by atoms with Crippen LogP contribution in [0.25, 0.3) is 10.9 Å². The van der Waals surface area contributed by atoms with Crippen LogP contribution in [0.4, 0.5) is 27.5 Å². The van der Waals surface area contributed by atoms with Gasteiger partial charge < -0.3 is 25.8 Å². The number of nitrogens with zero attached hydrogens (tertiary/aromatic N) is 6. The molecule has 0 bridgehead atoms. The van der Waals surface area contributed by atoms with Crippen molar-refractivity contribution in [2.75, 3.05) is 67.4 Å². The summed E-state index contributed by atoms with van der Waals surface area (Å²) in [6.07, 6.45) is 17.1. The molecule has 1 aliphatic heterocycles. The Hall–Kier alpha value is -4.16. The molecule has 1 aromatic carbocycles. The van der Waals surface area contributed by atoms with Gasteiger partial charge in [0.25, 0.3) is 0 Å². The maximum atomic E-state index is 14.8. The fraction of sp³-hybridized carbons (Fsp3) is 0.429. The molecule has 5 rings (SSSR count). The fourth-order valence-electron chi connectivity index (χ4n) is 5.43. The van der Waals surface area contributed by atoms with Crippen LogP contribution in [0.15, 0.2) is 73.1 Å². The molecular weight excluding hydrogens is 614 g/mol. The Labute approximate surface area is 283 Å². The van der Waals surface area contributed by atoms with Crippen molar-refractivity contribution >= 4 is 51.7 Å².